The molecule has 0 aliphatic heterocycles. The maximum Gasteiger partial charge on any atom is 0.251 e. The van der Waals surface area contributed by atoms with E-state index >= 15 is 0 Å². The maximum atomic E-state index is 12.2. The molecule has 1 saturated carbocycles. The Morgan fingerprint density at radius 2 is 1.80 bits per heavy atom. The van der Waals surface area contributed by atoms with E-state index in [1.807, 2.05) is 36.4 Å². The minimum Gasteiger partial charge on any atom is -0.391 e. The Kier molecular flexibility index (Phi) is 5.66. The molecule has 132 valence electrons. The first-order chi connectivity index (χ1) is 12.1. The molecular weight excluding hydrogens is 316 g/mol. The van der Waals surface area contributed by atoms with E-state index in [1.54, 1.807) is 6.07 Å². The van der Waals surface area contributed by atoms with Gasteiger partial charge in [-0.2, -0.15) is 0 Å². The van der Waals surface area contributed by atoms with E-state index in [0.29, 0.717) is 5.56 Å². The van der Waals surface area contributed by atoms with Crippen LogP contribution in [0.5, 0.6) is 0 Å². The van der Waals surface area contributed by atoms with Crippen LogP contribution in [0.1, 0.15) is 42.5 Å². The number of aliphatic hydroxyl groups is 1. The standard InChI is InChI=1S/C20H24N2O3/c23-18-8-4-3-7-17(18)22-19(24)11-12-21-20(25)16-10-9-14-5-1-2-6-15(14)13-16/h1-2,5-6,9-10,13,17-18,23H,3-4,7-8,11-12H2,(H,21,25)(H,22,24). The molecule has 2 aromatic carbocycles. The highest BCUT2D eigenvalue weighted by Crippen LogP contribution is 2.18. The molecule has 0 saturated heterocycles. The molecular formula is C20H24N2O3. The number of hydrogen-bond acceptors (Lipinski definition) is 3. The first-order valence-corrected chi connectivity index (χ1v) is 8.88. The molecule has 1 aliphatic rings. The third kappa shape index (κ3) is 4.57. The third-order valence-corrected chi connectivity index (χ3v) is 4.73. The van der Waals surface area contributed by atoms with Crippen molar-refractivity contribution in [1.29, 1.82) is 0 Å². The Hall–Kier alpha value is -2.40. The second-order valence-corrected chi connectivity index (χ2v) is 6.59. The number of hydrogen-bond donors (Lipinski definition) is 3. The van der Waals surface area contributed by atoms with Gasteiger partial charge in [-0.3, -0.25) is 9.59 Å². The highest BCUT2D eigenvalue weighted by atomic mass is 16.3. The minimum absolute atomic E-state index is 0.134. The van der Waals surface area contributed by atoms with E-state index in [-0.39, 0.29) is 30.8 Å². The van der Waals surface area contributed by atoms with Gasteiger partial charge in [0.15, 0.2) is 0 Å². The van der Waals surface area contributed by atoms with Gasteiger partial charge in [0.05, 0.1) is 12.1 Å². The molecule has 0 spiro atoms. The SMILES string of the molecule is O=C(CCNC(=O)c1ccc2ccccc2c1)NC1CCCCC1O. The third-order valence-electron chi connectivity index (χ3n) is 4.73. The average molecular weight is 340 g/mol. The second kappa shape index (κ2) is 8.12. The smallest absolute Gasteiger partial charge is 0.251 e. The van der Waals surface area contributed by atoms with Gasteiger partial charge in [0.2, 0.25) is 5.91 Å². The fraction of sp³-hybridized carbons (Fsp3) is 0.400. The van der Waals surface area contributed by atoms with Crippen molar-refractivity contribution in [3.8, 4) is 0 Å². The summed E-state index contributed by atoms with van der Waals surface area (Å²) in [6.07, 6.45) is 3.35. The van der Waals surface area contributed by atoms with Crippen LogP contribution >= 0.6 is 0 Å². The zero-order valence-corrected chi connectivity index (χ0v) is 14.2. The van der Waals surface area contributed by atoms with Crippen molar-refractivity contribution in [2.45, 2.75) is 44.2 Å². The predicted molar refractivity (Wildman–Crippen MR) is 97.3 cm³/mol. The Morgan fingerprint density at radius 3 is 2.60 bits per heavy atom. The molecule has 0 bridgehead atoms. The fourth-order valence-electron chi connectivity index (χ4n) is 3.28. The van der Waals surface area contributed by atoms with E-state index in [1.165, 1.54) is 0 Å². The minimum atomic E-state index is -0.454. The van der Waals surface area contributed by atoms with Gasteiger partial charge in [-0.25, -0.2) is 0 Å². The van der Waals surface area contributed by atoms with Gasteiger partial charge in [0.1, 0.15) is 0 Å². The summed E-state index contributed by atoms with van der Waals surface area (Å²) in [5, 5.41) is 17.6. The van der Waals surface area contributed by atoms with Crippen molar-refractivity contribution < 1.29 is 14.7 Å². The Balaban J connectivity index is 1.47. The number of benzene rings is 2. The van der Waals surface area contributed by atoms with Crippen LogP contribution in [0.2, 0.25) is 0 Å². The van der Waals surface area contributed by atoms with Gasteiger partial charge in [0.25, 0.3) is 5.91 Å². The maximum absolute atomic E-state index is 12.2. The number of aliphatic hydroxyl groups excluding tert-OH is 1. The lowest BCUT2D eigenvalue weighted by Gasteiger charge is -2.28. The Morgan fingerprint density at radius 1 is 1.04 bits per heavy atom. The molecule has 0 heterocycles. The lowest BCUT2D eigenvalue weighted by Crippen LogP contribution is -2.45. The molecule has 0 aromatic heterocycles. The largest absolute Gasteiger partial charge is 0.391 e. The zero-order valence-electron chi connectivity index (χ0n) is 14.2. The van der Waals surface area contributed by atoms with Crippen LogP contribution < -0.4 is 10.6 Å². The van der Waals surface area contributed by atoms with Crippen LogP contribution in [-0.4, -0.2) is 35.6 Å². The number of amides is 2. The van der Waals surface area contributed by atoms with Crippen molar-refractivity contribution in [1.82, 2.24) is 10.6 Å². The molecule has 3 rings (SSSR count). The molecule has 2 amide bonds. The summed E-state index contributed by atoms with van der Waals surface area (Å²) in [6, 6.07) is 13.3. The van der Waals surface area contributed by atoms with Crippen molar-refractivity contribution in [3.63, 3.8) is 0 Å². The fourth-order valence-corrected chi connectivity index (χ4v) is 3.28. The summed E-state index contributed by atoms with van der Waals surface area (Å²) in [7, 11) is 0. The average Bonchev–Trinajstić information content (AvgIpc) is 2.63. The molecule has 1 fully saturated rings. The number of fused-ring (bicyclic) bond motifs is 1. The summed E-state index contributed by atoms with van der Waals surface area (Å²) in [6.45, 7) is 0.278. The zero-order chi connectivity index (χ0) is 17.6. The number of carbonyl (C=O) groups excluding carboxylic acids is 2. The molecule has 0 radical (unpaired) electrons. The van der Waals surface area contributed by atoms with E-state index < -0.39 is 6.10 Å². The van der Waals surface area contributed by atoms with E-state index in [9.17, 15) is 14.7 Å². The molecule has 2 unspecified atom stereocenters. The number of carbonyl (C=O) groups is 2. The lowest BCUT2D eigenvalue weighted by molar-refractivity contribution is -0.122. The van der Waals surface area contributed by atoms with Crippen molar-refractivity contribution in [2.24, 2.45) is 0 Å². The van der Waals surface area contributed by atoms with Crippen LogP contribution in [0.3, 0.4) is 0 Å². The van der Waals surface area contributed by atoms with Crippen LogP contribution in [0, 0.1) is 0 Å². The molecule has 5 nitrogen and oxygen atoms in total. The van der Waals surface area contributed by atoms with Gasteiger partial charge in [-0.1, -0.05) is 43.2 Å². The predicted octanol–water partition coefficient (Wildman–Crippen LogP) is 2.38. The van der Waals surface area contributed by atoms with Gasteiger partial charge < -0.3 is 15.7 Å². The first kappa shape index (κ1) is 17.4. The molecule has 25 heavy (non-hydrogen) atoms. The van der Waals surface area contributed by atoms with Crippen LogP contribution in [-0.2, 0) is 4.79 Å². The van der Waals surface area contributed by atoms with Gasteiger partial charge in [0, 0.05) is 18.5 Å². The van der Waals surface area contributed by atoms with Crippen molar-refractivity contribution >= 4 is 22.6 Å². The quantitative estimate of drug-likeness (QED) is 0.782. The highest BCUT2D eigenvalue weighted by Gasteiger charge is 2.24. The van der Waals surface area contributed by atoms with E-state index in [4.69, 9.17) is 0 Å². The number of nitrogens with one attached hydrogen (secondary N) is 2. The molecule has 5 heteroatoms. The van der Waals surface area contributed by atoms with Gasteiger partial charge >= 0.3 is 0 Å². The monoisotopic (exact) mass is 340 g/mol. The topological polar surface area (TPSA) is 78.4 Å². The van der Waals surface area contributed by atoms with Crippen LogP contribution in [0.15, 0.2) is 42.5 Å². The summed E-state index contributed by atoms with van der Waals surface area (Å²) < 4.78 is 0. The van der Waals surface area contributed by atoms with Crippen molar-refractivity contribution in [3.05, 3.63) is 48.0 Å². The molecule has 2 aromatic rings. The summed E-state index contributed by atoms with van der Waals surface area (Å²) in [5.74, 6) is -0.319. The summed E-state index contributed by atoms with van der Waals surface area (Å²) >= 11 is 0. The Bertz CT molecular complexity index is 759. The van der Waals surface area contributed by atoms with E-state index in [0.717, 1.165) is 36.5 Å². The molecule has 3 N–H and O–H groups in total. The summed E-state index contributed by atoms with van der Waals surface area (Å²) in [4.78, 5) is 24.2. The van der Waals surface area contributed by atoms with Gasteiger partial charge in [-0.15, -0.1) is 0 Å². The molecule has 1 aliphatic carbocycles. The summed E-state index contributed by atoms with van der Waals surface area (Å²) in [5.41, 5.74) is 0.585. The van der Waals surface area contributed by atoms with Gasteiger partial charge in [-0.05, 0) is 35.7 Å². The highest BCUT2D eigenvalue weighted by molar-refractivity contribution is 5.98. The lowest BCUT2D eigenvalue weighted by atomic mass is 9.92. The van der Waals surface area contributed by atoms with Crippen LogP contribution in [0.4, 0.5) is 0 Å². The second-order valence-electron chi connectivity index (χ2n) is 6.59. The van der Waals surface area contributed by atoms with Crippen molar-refractivity contribution in [2.75, 3.05) is 6.54 Å². The van der Waals surface area contributed by atoms with Crippen LogP contribution in [0.25, 0.3) is 10.8 Å². The number of rotatable bonds is 5. The van der Waals surface area contributed by atoms with E-state index in [2.05, 4.69) is 10.6 Å². The Labute approximate surface area is 147 Å². The first-order valence-electron chi connectivity index (χ1n) is 8.88. The normalized spacial score (nSPS) is 20.2. The molecule has 2 atom stereocenters.